The van der Waals surface area contributed by atoms with Gasteiger partial charge in [0.2, 0.25) is 0 Å². The largest absolute Gasteiger partial charge is 0.453 e. The number of aromatic nitrogens is 2. The molecule has 2 aliphatic heterocycles. The van der Waals surface area contributed by atoms with E-state index in [0.29, 0.717) is 48.8 Å². The number of likely N-dealkylation sites (tertiary alicyclic amines) is 1. The second-order valence-electron chi connectivity index (χ2n) is 13.6. The molecule has 1 aromatic heterocycles. The molecule has 7 rings (SSSR count). The van der Waals surface area contributed by atoms with E-state index in [4.69, 9.17) is 4.74 Å². The summed E-state index contributed by atoms with van der Waals surface area (Å²) in [5.41, 5.74) is 6.68. The lowest BCUT2D eigenvalue weighted by Crippen LogP contribution is -2.42. The normalized spacial score (nSPS) is 17.4. The Hall–Kier alpha value is -5.79. The van der Waals surface area contributed by atoms with Crippen LogP contribution < -0.4 is 10.6 Å². The first kappa shape index (κ1) is 36.6. The average molecular weight is 747 g/mol. The number of aromatic amines is 1. The molecule has 2 aliphatic rings. The van der Waals surface area contributed by atoms with Crippen LogP contribution in [0.1, 0.15) is 52.2 Å². The van der Waals surface area contributed by atoms with Gasteiger partial charge in [0, 0.05) is 37.4 Å². The third-order valence-corrected chi connectivity index (χ3v) is 11.6. The van der Waals surface area contributed by atoms with E-state index in [9.17, 15) is 22.8 Å². The number of hydrogen-bond donors (Lipinski definition) is 3. The van der Waals surface area contributed by atoms with E-state index in [2.05, 4.69) is 25.5 Å². The van der Waals surface area contributed by atoms with Crippen molar-refractivity contribution in [1.82, 2.24) is 25.1 Å². The molecule has 0 bridgehead atoms. The molecule has 2 atom stereocenters. The summed E-state index contributed by atoms with van der Waals surface area (Å²) in [7, 11) is -1.64. The molecule has 2 fully saturated rings. The Labute approximate surface area is 314 Å². The quantitative estimate of drug-likeness (QED) is 0.158. The number of nitrogens with zero attached hydrogens (tertiary/aromatic N) is 3. The van der Waals surface area contributed by atoms with Crippen molar-refractivity contribution in [2.24, 2.45) is 0 Å². The average Bonchev–Trinajstić information content (AvgIpc) is 3.90. The van der Waals surface area contributed by atoms with E-state index >= 15 is 0 Å². The highest BCUT2D eigenvalue weighted by Gasteiger charge is 2.37. The highest BCUT2D eigenvalue weighted by atomic mass is 32.2. The molecule has 3 heterocycles. The number of H-pyrrole nitrogens is 1. The van der Waals surface area contributed by atoms with Crippen LogP contribution in [0, 0.1) is 0 Å². The number of anilines is 1. The number of imidazole rings is 1. The van der Waals surface area contributed by atoms with Crippen LogP contribution >= 0.6 is 0 Å². The molecule has 0 spiro atoms. The van der Waals surface area contributed by atoms with Gasteiger partial charge < -0.3 is 25.3 Å². The molecular formula is C41H42N6O6S. The number of hydrogen-bond acceptors (Lipinski definition) is 8. The summed E-state index contributed by atoms with van der Waals surface area (Å²) in [5.74, 6) is 0.645. The predicted octanol–water partition coefficient (Wildman–Crippen LogP) is 5.99. The maximum absolute atomic E-state index is 13.8. The summed E-state index contributed by atoms with van der Waals surface area (Å²) in [6.07, 6.45) is 2.65. The first-order valence-electron chi connectivity index (χ1n) is 17.9. The lowest BCUT2D eigenvalue weighted by Gasteiger charge is -2.28. The van der Waals surface area contributed by atoms with Crippen LogP contribution in [-0.2, 0) is 25.9 Å². The Morgan fingerprint density at radius 1 is 0.852 bits per heavy atom. The van der Waals surface area contributed by atoms with Gasteiger partial charge in [0.15, 0.2) is 9.84 Å². The summed E-state index contributed by atoms with van der Waals surface area (Å²) in [6.45, 7) is 2.29. The van der Waals surface area contributed by atoms with Gasteiger partial charge in [-0.25, -0.2) is 18.2 Å². The maximum atomic E-state index is 13.8. The van der Waals surface area contributed by atoms with Gasteiger partial charge in [0.25, 0.3) is 11.8 Å². The number of alkyl carbamates (subject to hydrolysis) is 1. The first-order chi connectivity index (χ1) is 26.2. The molecule has 0 aliphatic carbocycles. The van der Waals surface area contributed by atoms with Crippen molar-refractivity contribution in [2.45, 2.75) is 31.5 Å². The maximum Gasteiger partial charge on any atom is 0.407 e. The summed E-state index contributed by atoms with van der Waals surface area (Å²) in [6, 6.07) is 31.1. The van der Waals surface area contributed by atoms with Crippen LogP contribution in [0.25, 0.3) is 22.4 Å². The van der Waals surface area contributed by atoms with Crippen molar-refractivity contribution in [3.05, 3.63) is 132 Å². The molecule has 278 valence electrons. The van der Waals surface area contributed by atoms with E-state index in [-0.39, 0.29) is 29.4 Å². The number of methoxy groups -OCH3 is 1. The summed E-state index contributed by atoms with van der Waals surface area (Å²) < 4.78 is 28.2. The van der Waals surface area contributed by atoms with Crippen LogP contribution in [0.3, 0.4) is 0 Å². The molecule has 12 nitrogen and oxygen atoms in total. The fourth-order valence-electron chi connectivity index (χ4n) is 6.96. The van der Waals surface area contributed by atoms with E-state index < -0.39 is 22.0 Å². The summed E-state index contributed by atoms with van der Waals surface area (Å²) >= 11 is 0. The zero-order chi connectivity index (χ0) is 37.7. The van der Waals surface area contributed by atoms with Crippen molar-refractivity contribution in [3.63, 3.8) is 0 Å². The Morgan fingerprint density at radius 2 is 1.50 bits per heavy atom. The minimum absolute atomic E-state index is 0.195. The fourth-order valence-corrected chi connectivity index (χ4v) is 8.24. The molecule has 0 unspecified atom stereocenters. The van der Waals surface area contributed by atoms with Gasteiger partial charge in [-0.2, -0.15) is 0 Å². The smallest absolute Gasteiger partial charge is 0.407 e. The Morgan fingerprint density at radius 3 is 2.17 bits per heavy atom. The van der Waals surface area contributed by atoms with Gasteiger partial charge in [-0.3, -0.25) is 14.5 Å². The van der Waals surface area contributed by atoms with Crippen LogP contribution in [0.5, 0.6) is 0 Å². The zero-order valence-electron chi connectivity index (χ0n) is 29.9. The van der Waals surface area contributed by atoms with Gasteiger partial charge >= 0.3 is 6.09 Å². The lowest BCUT2D eigenvalue weighted by molar-refractivity contribution is -0.134. The van der Waals surface area contributed by atoms with Gasteiger partial charge in [0.05, 0.1) is 36.5 Å². The number of ether oxygens (including phenoxy) is 1. The highest BCUT2D eigenvalue weighted by molar-refractivity contribution is 7.91. The number of nitrogens with one attached hydrogen (secondary N) is 3. The molecule has 54 heavy (non-hydrogen) atoms. The number of carbonyl (C=O) groups is 3. The van der Waals surface area contributed by atoms with Crippen molar-refractivity contribution < 1.29 is 27.5 Å². The van der Waals surface area contributed by atoms with E-state index in [0.717, 1.165) is 40.8 Å². The van der Waals surface area contributed by atoms with E-state index in [1.165, 1.54) is 7.11 Å². The van der Waals surface area contributed by atoms with E-state index in [1.807, 2.05) is 91.0 Å². The molecule has 0 radical (unpaired) electrons. The number of benzene rings is 4. The topological polar surface area (TPSA) is 154 Å². The number of sulfone groups is 1. The second kappa shape index (κ2) is 16.1. The molecule has 3 amide bonds. The Balaban J connectivity index is 0.961. The summed E-state index contributed by atoms with van der Waals surface area (Å²) in [5, 5.41) is 5.65. The number of amides is 3. The lowest BCUT2D eigenvalue weighted by atomic mass is 10.0. The molecule has 13 heteroatoms. The van der Waals surface area contributed by atoms with Gasteiger partial charge in [0.1, 0.15) is 11.9 Å². The standard InChI is InChI=1S/C41H42N6O6S/c1-53-41(50)45-37(32-6-3-2-4-7-32)40(49)47-21-5-8-36(47)38-42-26-35(44-38)31-15-11-29(12-16-31)30-13-17-33(18-14-30)39(48)43-34-19-9-28(10-20-34)27-46-22-24-54(51,52)25-23-46/h2-4,6-7,9-20,26,36-37H,5,8,21-25,27H2,1H3,(H,42,44)(H,43,48)(H,45,50)/t36-,37+/m0/s1. The van der Waals surface area contributed by atoms with Crippen molar-refractivity contribution in [1.29, 1.82) is 0 Å². The molecule has 4 aromatic carbocycles. The Bertz CT molecular complexity index is 2190. The van der Waals surface area contributed by atoms with Gasteiger partial charge in [-0.1, -0.05) is 78.9 Å². The first-order valence-corrected chi connectivity index (χ1v) is 19.8. The monoisotopic (exact) mass is 746 g/mol. The second-order valence-corrected chi connectivity index (χ2v) is 15.9. The van der Waals surface area contributed by atoms with Crippen LogP contribution in [0.4, 0.5) is 10.5 Å². The summed E-state index contributed by atoms with van der Waals surface area (Å²) in [4.78, 5) is 51.0. The third-order valence-electron chi connectivity index (χ3n) is 10.0. The molecule has 3 N–H and O–H groups in total. The molecule has 5 aromatic rings. The highest BCUT2D eigenvalue weighted by Crippen LogP contribution is 2.34. The third kappa shape index (κ3) is 8.53. The predicted molar refractivity (Wildman–Crippen MR) is 206 cm³/mol. The van der Waals surface area contributed by atoms with Crippen LogP contribution in [-0.4, -0.2) is 84.3 Å². The van der Waals surface area contributed by atoms with Crippen LogP contribution in [0.2, 0.25) is 0 Å². The van der Waals surface area contributed by atoms with Crippen molar-refractivity contribution in [2.75, 3.05) is 43.6 Å². The van der Waals surface area contributed by atoms with Crippen molar-refractivity contribution in [3.8, 4) is 22.4 Å². The minimum Gasteiger partial charge on any atom is -0.453 e. The molecular weight excluding hydrogens is 705 g/mol. The fraction of sp³-hybridized carbons (Fsp3) is 0.268. The number of carbonyl (C=O) groups excluding carboxylic acids is 3. The SMILES string of the molecule is COC(=O)N[C@@H](C(=O)N1CCC[C@H]1c1ncc(-c2ccc(-c3ccc(C(=O)Nc4ccc(CN5CCS(=O)(=O)CC5)cc4)cc3)cc2)[nH]1)c1ccccc1. The number of rotatable bonds is 10. The van der Waals surface area contributed by atoms with Gasteiger partial charge in [-0.15, -0.1) is 0 Å². The van der Waals surface area contributed by atoms with Gasteiger partial charge in [-0.05, 0) is 64.9 Å². The van der Waals surface area contributed by atoms with Crippen molar-refractivity contribution >= 4 is 33.4 Å². The minimum atomic E-state index is -2.91. The molecule has 0 saturated carbocycles. The zero-order valence-corrected chi connectivity index (χ0v) is 30.7. The molecule has 2 saturated heterocycles. The van der Waals surface area contributed by atoms with E-state index in [1.54, 1.807) is 23.2 Å². The van der Waals surface area contributed by atoms with Crippen LogP contribution in [0.15, 0.2) is 109 Å². The Kier molecular flexibility index (Phi) is 10.9.